The molecule has 3 aromatic rings. The normalized spacial score (nSPS) is 31.0. The highest BCUT2D eigenvalue weighted by molar-refractivity contribution is 5.87. The summed E-state index contributed by atoms with van der Waals surface area (Å²) in [4.78, 5) is 11.1. The van der Waals surface area contributed by atoms with Crippen LogP contribution in [0, 0.1) is 34.5 Å². The first-order chi connectivity index (χ1) is 19.7. The van der Waals surface area contributed by atoms with Gasteiger partial charge in [0.25, 0.3) is 0 Å². The molecule has 0 saturated heterocycles. The van der Waals surface area contributed by atoms with Gasteiger partial charge in [-0.1, -0.05) is 26.0 Å². The Hall–Kier alpha value is -3.42. The van der Waals surface area contributed by atoms with Gasteiger partial charge >= 0.3 is 5.97 Å². The van der Waals surface area contributed by atoms with Crippen molar-refractivity contribution in [1.29, 1.82) is 0 Å². The predicted octanol–water partition coefficient (Wildman–Crippen LogP) is 6.03. The minimum atomic E-state index is -0.963. The number of carbonyl (C=O) groups is 1. The standard InChI is InChI=1S/C34H41N3O4/c1-21-4-13-29-28(18-35)30(14-15-33(21,29)2)34(3)17-23-19-37(36-31(23)16-24(34)20-38)25-7-11-27(12-8-25)41-26-9-5-22(6-10-26)32(39)40/h5-12,19,24,28-30,38H,1,4,13-18,20,35H2,2-3H3,(H,39,40)/t24-,28+,29+,30+,33-,34+/m1/s1. The van der Waals surface area contributed by atoms with Gasteiger partial charge in [-0.15, -0.1) is 0 Å². The molecule has 1 aromatic heterocycles. The van der Waals surface area contributed by atoms with Gasteiger partial charge in [0.2, 0.25) is 0 Å². The van der Waals surface area contributed by atoms with E-state index in [0.717, 1.165) is 43.5 Å². The zero-order valence-electron chi connectivity index (χ0n) is 24.1. The minimum Gasteiger partial charge on any atom is -0.478 e. The van der Waals surface area contributed by atoms with Crippen LogP contribution in [0.4, 0.5) is 0 Å². The number of aromatic carboxylic acids is 1. The molecule has 2 fully saturated rings. The van der Waals surface area contributed by atoms with Crippen LogP contribution in [-0.2, 0) is 12.8 Å². The fraction of sp³-hybridized carbons (Fsp3) is 0.471. The van der Waals surface area contributed by atoms with E-state index < -0.39 is 5.97 Å². The van der Waals surface area contributed by atoms with E-state index in [2.05, 4.69) is 26.6 Å². The number of allylic oxidation sites excluding steroid dienone is 1. The second-order valence-corrected chi connectivity index (χ2v) is 12.9. The van der Waals surface area contributed by atoms with Crippen molar-refractivity contribution >= 4 is 5.97 Å². The summed E-state index contributed by atoms with van der Waals surface area (Å²) in [6.07, 6.45) is 8.41. The molecule has 7 heteroatoms. The van der Waals surface area contributed by atoms with Crippen molar-refractivity contribution in [1.82, 2.24) is 9.78 Å². The molecule has 7 nitrogen and oxygen atoms in total. The van der Waals surface area contributed by atoms with Crippen molar-refractivity contribution in [2.24, 2.45) is 40.2 Å². The maximum atomic E-state index is 11.1. The highest BCUT2D eigenvalue weighted by Crippen LogP contribution is 2.62. The summed E-state index contributed by atoms with van der Waals surface area (Å²) in [5.74, 6) is 1.90. The van der Waals surface area contributed by atoms with Gasteiger partial charge in [-0.05, 0) is 134 Å². The largest absolute Gasteiger partial charge is 0.478 e. The molecule has 2 aromatic carbocycles. The van der Waals surface area contributed by atoms with Crippen molar-refractivity contribution in [3.63, 3.8) is 0 Å². The summed E-state index contributed by atoms with van der Waals surface area (Å²) in [5, 5.41) is 24.7. The Morgan fingerprint density at radius 1 is 1.10 bits per heavy atom. The number of benzene rings is 2. The molecule has 6 rings (SSSR count). The number of aliphatic hydroxyl groups excluding tert-OH is 1. The van der Waals surface area contributed by atoms with Crippen LogP contribution in [0.25, 0.3) is 5.69 Å². The van der Waals surface area contributed by atoms with Gasteiger partial charge in [0, 0.05) is 12.8 Å². The Balaban J connectivity index is 1.22. The first-order valence-electron chi connectivity index (χ1n) is 14.8. The molecule has 1 heterocycles. The first kappa shape index (κ1) is 27.7. The SMILES string of the molecule is C=C1CC[C@H]2[C@H](CN)[C@@H]([C@@]3(C)Cc4cn(-c5ccc(Oc6ccc(C(=O)O)cc6)cc5)nc4C[C@@H]3CO)CC[C@]12C. The molecule has 3 aliphatic rings. The van der Waals surface area contributed by atoms with Crippen LogP contribution in [0.15, 0.2) is 66.9 Å². The molecule has 0 radical (unpaired) electrons. The molecule has 216 valence electrons. The second-order valence-electron chi connectivity index (χ2n) is 12.9. The summed E-state index contributed by atoms with van der Waals surface area (Å²) in [6, 6.07) is 14.1. The summed E-state index contributed by atoms with van der Waals surface area (Å²) in [5.41, 5.74) is 11.6. The number of nitrogens with zero attached hydrogens (tertiary/aromatic N) is 2. The van der Waals surface area contributed by atoms with E-state index in [1.165, 1.54) is 29.7 Å². The number of rotatable bonds is 7. The smallest absolute Gasteiger partial charge is 0.335 e. The van der Waals surface area contributed by atoms with Gasteiger partial charge in [0.05, 0.1) is 16.9 Å². The lowest BCUT2D eigenvalue weighted by Crippen LogP contribution is -2.53. The van der Waals surface area contributed by atoms with Gasteiger partial charge in [0.1, 0.15) is 11.5 Å². The van der Waals surface area contributed by atoms with Gasteiger partial charge in [-0.3, -0.25) is 0 Å². The maximum absolute atomic E-state index is 11.1. The molecule has 2 saturated carbocycles. The molecule has 4 N–H and O–H groups in total. The zero-order chi connectivity index (χ0) is 28.9. The molecule has 41 heavy (non-hydrogen) atoms. The third kappa shape index (κ3) is 4.69. The first-order valence-corrected chi connectivity index (χ1v) is 14.8. The average molecular weight is 556 g/mol. The van der Waals surface area contributed by atoms with Gasteiger partial charge in [-0.25, -0.2) is 9.48 Å². The Bertz CT molecular complexity index is 1450. The van der Waals surface area contributed by atoms with E-state index in [-0.39, 0.29) is 28.9 Å². The van der Waals surface area contributed by atoms with Gasteiger partial charge in [0.15, 0.2) is 0 Å². The molecule has 0 bridgehead atoms. The monoisotopic (exact) mass is 555 g/mol. The van der Waals surface area contributed by atoms with E-state index >= 15 is 0 Å². The number of nitrogens with two attached hydrogens (primary N) is 1. The highest BCUT2D eigenvalue weighted by atomic mass is 16.5. The minimum absolute atomic E-state index is 0.0429. The molecular weight excluding hydrogens is 514 g/mol. The van der Waals surface area contributed by atoms with Crippen LogP contribution in [0.3, 0.4) is 0 Å². The summed E-state index contributed by atoms with van der Waals surface area (Å²) < 4.78 is 7.85. The van der Waals surface area contributed by atoms with Crippen molar-refractivity contribution < 1.29 is 19.7 Å². The van der Waals surface area contributed by atoms with Crippen LogP contribution in [-0.4, -0.2) is 39.1 Å². The number of carboxylic acid groups (broad SMARTS) is 1. The quantitative estimate of drug-likeness (QED) is 0.307. The van der Waals surface area contributed by atoms with Crippen LogP contribution in [0.5, 0.6) is 11.5 Å². The van der Waals surface area contributed by atoms with Crippen LogP contribution in [0.2, 0.25) is 0 Å². The molecular formula is C34H41N3O4. The second kappa shape index (κ2) is 10.4. The lowest BCUT2D eigenvalue weighted by molar-refractivity contribution is -0.0536. The van der Waals surface area contributed by atoms with E-state index in [1.807, 2.05) is 28.9 Å². The van der Waals surface area contributed by atoms with Gasteiger partial charge < -0.3 is 20.7 Å². The van der Waals surface area contributed by atoms with E-state index in [1.54, 1.807) is 12.1 Å². The number of fused-ring (bicyclic) bond motifs is 2. The zero-order valence-corrected chi connectivity index (χ0v) is 24.1. The van der Waals surface area contributed by atoms with Crippen molar-refractivity contribution in [2.45, 2.75) is 52.4 Å². The van der Waals surface area contributed by atoms with E-state index in [9.17, 15) is 9.90 Å². The van der Waals surface area contributed by atoms with E-state index in [0.29, 0.717) is 35.8 Å². The number of carboxylic acids is 1. The highest BCUT2D eigenvalue weighted by Gasteiger charge is 2.56. The van der Waals surface area contributed by atoms with Crippen LogP contribution < -0.4 is 10.5 Å². The predicted molar refractivity (Wildman–Crippen MR) is 158 cm³/mol. The Morgan fingerprint density at radius 2 is 1.78 bits per heavy atom. The lowest BCUT2D eigenvalue weighted by atomic mass is 9.49. The van der Waals surface area contributed by atoms with Crippen LogP contribution in [0.1, 0.15) is 61.1 Å². The molecule has 0 aliphatic heterocycles. The molecule has 6 atom stereocenters. The Labute approximate surface area is 242 Å². The number of aromatic nitrogens is 2. The van der Waals surface area contributed by atoms with Gasteiger partial charge in [-0.2, -0.15) is 5.10 Å². The van der Waals surface area contributed by atoms with E-state index in [4.69, 9.17) is 20.7 Å². The average Bonchev–Trinajstić information content (AvgIpc) is 3.52. The lowest BCUT2D eigenvalue weighted by Gasteiger charge is -2.55. The van der Waals surface area contributed by atoms with Crippen molar-refractivity contribution in [2.75, 3.05) is 13.2 Å². The Morgan fingerprint density at radius 3 is 2.41 bits per heavy atom. The molecule has 0 unspecified atom stereocenters. The third-order valence-corrected chi connectivity index (χ3v) is 11.0. The summed E-state index contributed by atoms with van der Waals surface area (Å²) >= 11 is 0. The third-order valence-electron chi connectivity index (χ3n) is 11.0. The fourth-order valence-corrected chi connectivity index (χ4v) is 8.44. The molecule has 0 amide bonds. The fourth-order valence-electron chi connectivity index (χ4n) is 8.44. The van der Waals surface area contributed by atoms with Crippen molar-refractivity contribution in [3.8, 4) is 17.2 Å². The summed E-state index contributed by atoms with van der Waals surface area (Å²) in [6.45, 7) is 10.1. The molecule has 3 aliphatic carbocycles. The van der Waals surface area contributed by atoms with Crippen molar-refractivity contribution in [3.05, 3.63) is 83.7 Å². The number of ether oxygens (including phenoxy) is 1. The summed E-state index contributed by atoms with van der Waals surface area (Å²) in [7, 11) is 0. The number of hydrogen-bond acceptors (Lipinski definition) is 5. The maximum Gasteiger partial charge on any atom is 0.335 e. The topological polar surface area (TPSA) is 111 Å². The Kier molecular flexibility index (Phi) is 7.07. The number of aliphatic hydroxyl groups is 1. The number of hydrogen-bond donors (Lipinski definition) is 3. The van der Waals surface area contributed by atoms with Crippen LogP contribution >= 0.6 is 0 Å². The molecule has 0 spiro atoms.